The van der Waals surface area contributed by atoms with Crippen LogP contribution < -0.4 is 0 Å². The van der Waals surface area contributed by atoms with Gasteiger partial charge in [-0.15, -0.1) is 0 Å². The van der Waals surface area contributed by atoms with Gasteiger partial charge in [0, 0.05) is 17.3 Å². The van der Waals surface area contributed by atoms with Gasteiger partial charge in [0.25, 0.3) is 0 Å². The summed E-state index contributed by atoms with van der Waals surface area (Å²) < 4.78 is 14.0. The van der Waals surface area contributed by atoms with Crippen LogP contribution in [0.4, 0.5) is 4.39 Å². The molecule has 0 N–H and O–H groups in total. The number of halogens is 1. The highest BCUT2D eigenvalue weighted by atomic mass is 19.1. The largest absolute Gasteiger partial charge is 0.256 e. The molecular weight excluding hydrogens is 297 g/mol. The molecule has 0 spiro atoms. The van der Waals surface area contributed by atoms with E-state index in [9.17, 15) is 4.39 Å². The standard InChI is InChI=1S/C22H22FN/c1-15(2)12-19-13-17(8-10-21(19)23)18-9-11-22(24-14-18)20-7-5-4-6-16(20)3/h4-11,13-15H,12H2,1-3H3. The van der Waals surface area contributed by atoms with Crippen LogP contribution in [0.25, 0.3) is 22.4 Å². The van der Waals surface area contributed by atoms with E-state index in [1.54, 1.807) is 6.07 Å². The van der Waals surface area contributed by atoms with Crippen LogP contribution in [-0.2, 0) is 6.42 Å². The smallest absolute Gasteiger partial charge is 0.126 e. The lowest BCUT2D eigenvalue weighted by Crippen LogP contribution is -1.98. The second kappa shape index (κ2) is 6.96. The molecule has 0 atom stereocenters. The average Bonchev–Trinajstić information content (AvgIpc) is 2.57. The first-order valence-corrected chi connectivity index (χ1v) is 8.35. The Balaban J connectivity index is 1.93. The van der Waals surface area contributed by atoms with Crippen molar-refractivity contribution in [2.45, 2.75) is 27.2 Å². The molecular formula is C22H22FN. The Morgan fingerprint density at radius 2 is 1.71 bits per heavy atom. The fourth-order valence-electron chi connectivity index (χ4n) is 2.93. The average molecular weight is 319 g/mol. The number of aromatic nitrogens is 1. The number of pyridine rings is 1. The third-order valence-electron chi connectivity index (χ3n) is 4.19. The Hall–Kier alpha value is -2.48. The van der Waals surface area contributed by atoms with Crippen molar-refractivity contribution in [1.82, 2.24) is 4.98 Å². The summed E-state index contributed by atoms with van der Waals surface area (Å²) in [6.45, 7) is 6.29. The first-order valence-electron chi connectivity index (χ1n) is 8.35. The lowest BCUT2D eigenvalue weighted by molar-refractivity contribution is 0.574. The number of rotatable bonds is 4. The van der Waals surface area contributed by atoms with E-state index in [0.29, 0.717) is 5.92 Å². The molecule has 1 nitrogen and oxygen atoms in total. The molecule has 1 heterocycles. The van der Waals surface area contributed by atoms with E-state index < -0.39 is 0 Å². The Morgan fingerprint density at radius 1 is 0.958 bits per heavy atom. The van der Waals surface area contributed by atoms with Crippen molar-refractivity contribution >= 4 is 0 Å². The van der Waals surface area contributed by atoms with Gasteiger partial charge in [0.1, 0.15) is 5.82 Å². The number of hydrogen-bond acceptors (Lipinski definition) is 1. The molecule has 0 saturated heterocycles. The third kappa shape index (κ3) is 3.53. The van der Waals surface area contributed by atoms with Gasteiger partial charge >= 0.3 is 0 Å². The molecule has 3 rings (SSSR count). The van der Waals surface area contributed by atoms with Gasteiger partial charge in [-0.2, -0.15) is 0 Å². The van der Waals surface area contributed by atoms with Crippen molar-refractivity contribution in [1.29, 1.82) is 0 Å². The summed E-state index contributed by atoms with van der Waals surface area (Å²) in [5.74, 6) is 0.299. The highest BCUT2D eigenvalue weighted by Crippen LogP contribution is 2.26. The quantitative estimate of drug-likeness (QED) is 0.569. The zero-order valence-corrected chi connectivity index (χ0v) is 14.4. The molecule has 0 amide bonds. The monoisotopic (exact) mass is 319 g/mol. The molecule has 1 aromatic heterocycles. The highest BCUT2D eigenvalue weighted by molar-refractivity contribution is 5.68. The van der Waals surface area contributed by atoms with E-state index in [0.717, 1.165) is 34.4 Å². The topological polar surface area (TPSA) is 12.9 Å². The van der Waals surface area contributed by atoms with Crippen molar-refractivity contribution in [3.8, 4) is 22.4 Å². The molecule has 122 valence electrons. The van der Waals surface area contributed by atoms with Gasteiger partial charge in [-0.25, -0.2) is 4.39 Å². The van der Waals surface area contributed by atoms with Gasteiger partial charge in [0.2, 0.25) is 0 Å². The molecule has 0 radical (unpaired) electrons. The van der Waals surface area contributed by atoms with Crippen LogP contribution in [0.15, 0.2) is 60.8 Å². The molecule has 0 bridgehead atoms. The van der Waals surface area contributed by atoms with Crippen LogP contribution in [0.2, 0.25) is 0 Å². The fraction of sp³-hybridized carbons (Fsp3) is 0.227. The minimum atomic E-state index is -0.128. The summed E-state index contributed by atoms with van der Waals surface area (Å²) in [6, 6.07) is 17.6. The summed E-state index contributed by atoms with van der Waals surface area (Å²) in [5, 5.41) is 0. The fourth-order valence-corrected chi connectivity index (χ4v) is 2.93. The molecule has 0 aliphatic heterocycles. The summed E-state index contributed by atoms with van der Waals surface area (Å²) in [5.41, 5.74) is 6.10. The van der Waals surface area contributed by atoms with Crippen molar-refractivity contribution < 1.29 is 4.39 Å². The second-order valence-corrected chi connectivity index (χ2v) is 6.65. The predicted molar refractivity (Wildman–Crippen MR) is 98.3 cm³/mol. The van der Waals surface area contributed by atoms with Crippen molar-refractivity contribution in [2.75, 3.05) is 0 Å². The Kier molecular flexibility index (Phi) is 4.75. The third-order valence-corrected chi connectivity index (χ3v) is 4.19. The second-order valence-electron chi connectivity index (χ2n) is 6.65. The van der Waals surface area contributed by atoms with Gasteiger partial charge in [-0.3, -0.25) is 4.98 Å². The van der Waals surface area contributed by atoms with Crippen LogP contribution in [0.5, 0.6) is 0 Å². The van der Waals surface area contributed by atoms with Crippen LogP contribution in [0.1, 0.15) is 25.0 Å². The normalized spacial score (nSPS) is 11.0. The first kappa shape index (κ1) is 16.4. The van der Waals surface area contributed by atoms with E-state index in [1.165, 1.54) is 5.56 Å². The Bertz CT molecular complexity index is 835. The Labute approximate surface area is 143 Å². The summed E-state index contributed by atoms with van der Waals surface area (Å²) >= 11 is 0. The van der Waals surface area contributed by atoms with Crippen molar-refractivity contribution in [2.24, 2.45) is 5.92 Å². The van der Waals surface area contributed by atoms with E-state index >= 15 is 0 Å². The maximum atomic E-state index is 14.0. The Morgan fingerprint density at radius 3 is 2.38 bits per heavy atom. The minimum absolute atomic E-state index is 0.128. The molecule has 0 unspecified atom stereocenters. The lowest BCUT2D eigenvalue weighted by atomic mass is 9.97. The predicted octanol–water partition coefficient (Wildman–Crippen LogP) is 6.06. The van der Waals surface area contributed by atoms with Crippen LogP contribution >= 0.6 is 0 Å². The summed E-state index contributed by atoms with van der Waals surface area (Å²) in [7, 11) is 0. The van der Waals surface area contributed by atoms with E-state index in [2.05, 4.69) is 44.0 Å². The molecule has 2 heteroatoms. The van der Waals surface area contributed by atoms with E-state index in [-0.39, 0.29) is 5.82 Å². The van der Waals surface area contributed by atoms with Crippen LogP contribution in [0.3, 0.4) is 0 Å². The van der Waals surface area contributed by atoms with Crippen LogP contribution in [-0.4, -0.2) is 4.98 Å². The van der Waals surface area contributed by atoms with E-state index in [4.69, 9.17) is 0 Å². The zero-order valence-electron chi connectivity index (χ0n) is 14.4. The summed E-state index contributed by atoms with van der Waals surface area (Å²) in [4.78, 5) is 4.61. The van der Waals surface area contributed by atoms with Gasteiger partial charge in [0.15, 0.2) is 0 Å². The zero-order chi connectivity index (χ0) is 17.1. The molecule has 24 heavy (non-hydrogen) atoms. The number of benzene rings is 2. The molecule has 0 aliphatic rings. The van der Waals surface area contributed by atoms with Crippen LogP contribution in [0, 0.1) is 18.7 Å². The van der Waals surface area contributed by atoms with Gasteiger partial charge in [-0.1, -0.05) is 50.2 Å². The van der Waals surface area contributed by atoms with Gasteiger partial charge < -0.3 is 0 Å². The maximum Gasteiger partial charge on any atom is 0.126 e. The SMILES string of the molecule is Cc1ccccc1-c1ccc(-c2ccc(F)c(CC(C)C)c2)cn1. The first-order chi connectivity index (χ1) is 11.5. The lowest BCUT2D eigenvalue weighted by Gasteiger charge is -2.10. The van der Waals surface area contributed by atoms with Crippen molar-refractivity contribution in [3.63, 3.8) is 0 Å². The number of hydrogen-bond donors (Lipinski definition) is 0. The van der Waals surface area contributed by atoms with Gasteiger partial charge in [0.05, 0.1) is 5.69 Å². The molecule has 0 fully saturated rings. The molecule has 2 aromatic carbocycles. The van der Waals surface area contributed by atoms with Crippen molar-refractivity contribution in [3.05, 3.63) is 77.7 Å². The van der Waals surface area contributed by atoms with E-state index in [1.807, 2.05) is 36.5 Å². The highest BCUT2D eigenvalue weighted by Gasteiger charge is 2.08. The summed E-state index contributed by atoms with van der Waals surface area (Å²) in [6.07, 6.45) is 2.61. The molecule has 0 saturated carbocycles. The number of aryl methyl sites for hydroxylation is 1. The minimum Gasteiger partial charge on any atom is -0.256 e. The maximum absolute atomic E-state index is 14.0. The number of nitrogens with zero attached hydrogens (tertiary/aromatic N) is 1. The molecule has 0 aliphatic carbocycles. The molecule has 3 aromatic rings. The van der Waals surface area contributed by atoms with Gasteiger partial charge in [-0.05, 0) is 54.2 Å².